The lowest BCUT2D eigenvalue weighted by atomic mass is 10.0. The molecule has 144 valence electrons. The number of benzene rings is 2. The summed E-state index contributed by atoms with van der Waals surface area (Å²) in [6.07, 6.45) is 5.17. The summed E-state index contributed by atoms with van der Waals surface area (Å²) in [4.78, 5) is 15.0. The van der Waals surface area contributed by atoms with E-state index < -0.39 is 0 Å². The first kappa shape index (κ1) is 18.4. The number of nitrogens with one attached hydrogen (secondary N) is 1. The van der Waals surface area contributed by atoms with Crippen molar-refractivity contribution in [2.45, 2.75) is 32.4 Å². The van der Waals surface area contributed by atoms with Gasteiger partial charge in [-0.1, -0.05) is 30.7 Å². The topological polar surface area (TPSA) is 71.3 Å². The summed E-state index contributed by atoms with van der Waals surface area (Å²) in [6, 6.07) is 15.5. The SMILES string of the molecule is O=C(NCc1ccccc1CN1CCCCC1)c1ccc(-c2nnco2)cc1. The Kier molecular flexibility index (Phi) is 5.77. The summed E-state index contributed by atoms with van der Waals surface area (Å²) in [5.41, 5.74) is 3.86. The highest BCUT2D eigenvalue weighted by Gasteiger charge is 2.13. The maximum absolute atomic E-state index is 12.5. The Hall–Kier alpha value is -2.99. The van der Waals surface area contributed by atoms with Gasteiger partial charge in [0.05, 0.1) is 0 Å². The minimum atomic E-state index is -0.0927. The molecule has 0 saturated carbocycles. The Morgan fingerprint density at radius 2 is 1.75 bits per heavy atom. The van der Waals surface area contributed by atoms with E-state index in [0.717, 1.165) is 25.2 Å². The summed E-state index contributed by atoms with van der Waals surface area (Å²) >= 11 is 0. The molecule has 4 rings (SSSR count). The number of carbonyl (C=O) groups is 1. The maximum atomic E-state index is 12.5. The molecule has 2 heterocycles. The van der Waals surface area contributed by atoms with Gasteiger partial charge in [0.1, 0.15) is 0 Å². The first-order chi connectivity index (χ1) is 13.8. The van der Waals surface area contributed by atoms with Crippen molar-refractivity contribution >= 4 is 5.91 Å². The molecule has 0 radical (unpaired) electrons. The van der Waals surface area contributed by atoms with E-state index in [1.54, 1.807) is 12.1 Å². The summed E-state index contributed by atoms with van der Waals surface area (Å²) in [5, 5.41) is 10.6. The van der Waals surface area contributed by atoms with Crippen LogP contribution in [0.25, 0.3) is 11.5 Å². The number of aromatic nitrogens is 2. The number of piperidine rings is 1. The van der Waals surface area contributed by atoms with E-state index in [4.69, 9.17) is 4.42 Å². The lowest BCUT2D eigenvalue weighted by Crippen LogP contribution is -2.30. The zero-order valence-electron chi connectivity index (χ0n) is 15.8. The lowest BCUT2D eigenvalue weighted by molar-refractivity contribution is 0.0950. The van der Waals surface area contributed by atoms with Crippen molar-refractivity contribution in [3.05, 3.63) is 71.6 Å². The van der Waals surface area contributed by atoms with Crippen LogP contribution in [0.1, 0.15) is 40.7 Å². The van der Waals surface area contributed by atoms with Crippen molar-refractivity contribution in [3.63, 3.8) is 0 Å². The molecule has 2 aromatic carbocycles. The smallest absolute Gasteiger partial charge is 0.251 e. The zero-order valence-corrected chi connectivity index (χ0v) is 15.8. The number of hydrogen-bond donors (Lipinski definition) is 1. The highest BCUT2D eigenvalue weighted by Crippen LogP contribution is 2.18. The minimum Gasteiger partial charge on any atom is -0.423 e. The Morgan fingerprint density at radius 1 is 1.00 bits per heavy atom. The van der Waals surface area contributed by atoms with E-state index in [9.17, 15) is 4.79 Å². The van der Waals surface area contributed by atoms with Crippen molar-refractivity contribution < 1.29 is 9.21 Å². The first-order valence-corrected chi connectivity index (χ1v) is 9.73. The third kappa shape index (κ3) is 4.46. The van der Waals surface area contributed by atoms with E-state index in [2.05, 4.69) is 38.6 Å². The second-order valence-electron chi connectivity index (χ2n) is 7.11. The monoisotopic (exact) mass is 376 g/mol. The molecular formula is C22H24N4O2. The van der Waals surface area contributed by atoms with E-state index in [1.165, 1.54) is 36.8 Å². The number of hydrogen-bond acceptors (Lipinski definition) is 5. The number of nitrogens with zero attached hydrogens (tertiary/aromatic N) is 3. The molecule has 0 aliphatic carbocycles. The largest absolute Gasteiger partial charge is 0.423 e. The summed E-state index contributed by atoms with van der Waals surface area (Å²) < 4.78 is 5.17. The van der Waals surface area contributed by atoms with Gasteiger partial charge in [-0.3, -0.25) is 9.69 Å². The summed E-state index contributed by atoms with van der Waals surface area (Å²) in [7, 11) is 0. The minimum absolute atomic E-state index is 0.0927. The van der Waals surface area contributed by atoms with E-state index in [-0.39, 0.29) is 5.91 Å². The molecule has 6 nitrogen and oxygen atoms in total. The summed E-state index contributed by atoms with van der Waals surface area (Å²) in [6.45, 7) is 3.79. The average molecular weight is 376 g/mol. The second-order valence-corrected chi connectivity index (χ2v) is 7.11. The molecule has 0 unspecified atom stereocenters. The normalized spacial score (nSPS) is 14.7. The zero-order chi connectivity index (χ0) is 19.2. The van der Waals surface area contributed by atoms with Crippen molar-refractivity contribution in [3.8, 4) is 11.5 Å². The quantitative estimate of drug-likeness (QED) is 0.711. The van der Waals surface area contributed by atoms with Gasteiger partial charge in [-0.2, -0.15) is 0 Å². The lowest BCUT2D eigenvalue weighted by Gasteiger charge is -2.27. The number of carbonyl (C=O) groups excluding carboxylic acids is 1. The van der Waals surface area contributed by atoms with Gasteiger partial charge in [0.25, 0.3) is 5.91 Å². The van der Waals surface area contributed by atoms with Crippen LogP contribution in [-0.4, -0.2) is 34.1 Å². The fourth-order valence-corrected chi connectivity index (χ4v) is 3.58. The number of likely N-dealkylation sites (tertiary alicyclic amines) is 1. The molecule has 28 heavy (non-hydrogen) atoms. The van der Waals surface area contributed by atoms with Crippen LogP contribution in [0, 0.1) is 0 Å². The van der Waals surface area contributed by atoms with Crippen LogP contribution in [0.15, 0.2) is 59.3 Å². The molecule has 0 bridgehead atoms. The van der Waals surface area contributed by atoms with E-state index >= 15 is 0 Å². The van der Waals surface area contributed by atoms with Crippen LogP contribution in [-0.2, 0) is 13.1 Å². The Labute approximate surface area is 164 Å². The molecule has 1 aliphatic rings. The molecular weight excluding hydrogens is 352 g/mol. The first-order valence-electron chi connectivity index (χ1n) is 9.73. The Balaban J connectivity index is 1.38. The Bertz CT molecular complexity index is 901. The second kappa shape index (κ2) is 8.80. The van der Waals surface area contributed by atoms with Gasteiger partial charge in [-0.05, 0) is 61.3 Å². The molecule has 1 saturated heterocycles. The van der Waals surface area contributed by atoms with E-state index in [1.807, 2.05) is 18.2 Å². The van der Waals surface area contributed by atoms with Gasteiger partial charge in [-0.15, -0.1) is 10.2 Å². The molecule has 1 aliphatic heterocycles. The third-order valence-electron chi connectivity index (χ3n) is 5.15. The highest BCUT2D eigenvalue weighted by molar-refractivity contribution is 5.94. The molecule has 3 aromatic rings. The van der Waals surface area contributed by atoms with Gasteiger partial charge in [0.2, 0.25) is 12.3 Å². The molecule has 0 atom stereocenters. The summed E-state index contributed by atoms with van der Waals surface area (Å²) in [5.74, 6) is 0.350. The van der Waals surface area contributed by atoms with Gasteiger partial charge < -0.3 is 9.73 Å². The molecule has 1 amide bonds. The third-order valence-corrected chi connectivity index (χ3v) is 5.15. The highest BCUT2D eigenvalue weighted by atomic mass is 16.4. The van der Waals surface area contributed by atoms with Gasteiger partial charge in [0, 0.05) is 24.2 Å². The van der Waals surface area contributed by atoms with Crippen molar-refractivity contribution in [2.24, 2.45) is 0 Å². The maximum Gasteiger partial charge on any atom is 0.251 e. The predicted octanol–water partition coefficient (Wildman–Crippen LogP) is 3.65. The van der Waals surface area contributed by atoms with E-state index in [0.29, 0.717) is 18.0 Å². The van der Waals surface area contributed by atoms with Crippen LogP contribution < -0.4 is 5.32 Å². The van der Waals surface area contributed by atoms with Crippen LogP contribution in [0.3, 0.4) is 0 Å². The van der Waals surface area contributed by atoms with Crippen molar-refractivity contribution in [2.75, 3.05) is 13.1 Å². The molecule has 6 heteroatoms. The van der Waals surface area contributed by atoms with Gasteiger partial charge >= 0.3 is 0 Å². The van der Waals surface area contributed by atoms with Gasteiger partial charge in [0.15, 0.2) is 0 Å². The average Bonchev–Trinajstić information content (AvgIpc) is 3.29. The van der Waals surface area contributed by atoms with Crippen molar-refractivity contribution in [1.82, 2.24) is 20.4 Å². The standard InChI is InChI=1S/C22H24N4O2/c27-21(17-8-10-18(11-9-17)22-25-24-16-28-22)23-14-19-6-2-3-7-20(19)15-26-12-4-1-5-13-26/h2-3,6-11,16H,1,4-5,12-15H2,(H,23,27). The van der Waals surface area contributed by atoms with Crippen LogP contribution in [0.5, 0.6) is 0 Å². The molecule has 0 spiro atoms. The van der Waals surface area contributed by atoms with Crippen LogP contribution in [0.2, 0.25) is 0 Å². The molecule has 1 aromatic heterocycles. The fraction of sp³-hybridized carbons (Fsp3) is 0.318. The predicted molar refractivity (Wildman–Crippen MR) is 106 cm³/mol. The van der Waals surface area contributed by atoms with Crippen LogP contribution in [0.4, 0.5) is 0 Å². The van der Waals surface area contributed by atoms with Gasteiger partial charge in [-0.25, -0.2) is 0 Å². The molecule has 1 N–H and O–H groups in total. The number of amides is 1. The Morgan fingerprint density at radius 3 is 2.46 bits per heavy atom. The molecule has 1 fully saturated rings. The fourth-order valence-electron chi connectivity index (χ4n) is 3.58. The van der Waals surface area contributed by atoms with Crippen LogP contribution >= 0.6 is 0 Å². The van der Waals surface area contributed by atoms with Crippen molar-refractivity contribution in [1.29, 1.82) is 0 Å². The number of rotatable bonds is 6.